The van der Waals surface area contributed by atoms with Gasteiger partial charge in [0.15, 0.2) is 0 Å². The molecule has 0 aliphatic carbocycles. The molecule has 0 aromatic carbocycles. The predicted molar refractivity (Wildman–Crippen MR) is 36.6 cm³/mol. The minimum Gasteiger partial charge on any atom is -1.00 e. The molecule has 0 aromatic rings. The largest absolute Gasteiger partial charge is 1.00 e. The van der Waals surface area contributed by atoms with Gasteiger partial charge >= 0.3 is 7.60 Å². The van der Waals surface area contributed by atoms with Crippen molar-refractivity contribution in [1.82, 2.24) is 0 Å². The first-order valence-electron chi connectivity index (χ1n) is 3.08. The Hall–Kier alpha value is 0.440. The van der Waals surface area contributed by atoms with Crippen molar-refractivity contribution >= 4 is 7.60 Å². The Morgan fingerprint density at radius 1 is 1.50 bits per heavy atom. The lowest BCUT2D eigenvalue weighted by atomic mass is 10.6. The highest BCUT2D eigenvalue weighted by atomic mass is 35.5. The van der Waals surface area contributed by atoms with E-state index < -0.39 is 7.60 Å². The highest BCUT2D eigenvalue weighted by molar-refractivity contribution is 7.52. The monoisotopic (exact) mass is 187 g/mol. The zero-order valence-electron chi connectivity index (χ0n) is 6.21. The zero-order valence-corrected chi connectivity index (χ0v) is 7.86. The lowest BCUT2D eigenvalue weighted by molar-refractivity contribution is -0.00000719. The number of halogens is 1. The van der Waals surface area contributed by atoms with Crippen molar-refractivity contribution in [2.24, 2.45) is 0 Å². The van der Waals surface area contributed by atoms with Gasteiger partial charge in [-0.3, -0.25) is 4.57 Å². The summed E-state index contributed by atoms with van der Waals surface area (Å²) in [5.74, 6) is 0. The quantitative estimate of drug-likeness (QED) is 0.552. The molecule has 0 amide bonds. The highest BCUT2D eigenvalue weighted by Gasteiger charge is 2.15. The minimum atomic E-state index is -3.19. The van der Waals surface area contributed by atoms with Crippen LogP contribution in [0, 0.1) is 0 Å². The Morgan fingerprint density at radius 3 is 2.30 bits per heavy atom. The predicted octanol–water partition coefficient (Wildman–Crippen LogP) is -1.38. The second-order valence-corrected chi connectivity index (χ2v) is 3.76. The van der Waals surface area contributed by atoms with E-state index in [1.54, 1.807) is 6.92 Å². The van der Waals surface area contributed by atoms with Gasteiger partial charge in [0.25, 0.3) is 0 Å². The van der Waals surface area contributed by atoms with Crippen LogP contribution in [0.3, 0.4) is 0 Å². The first-order chi connectivity index (χ1) is 4.12. The Labute approximate surface area is 67.7 Å². The molecule has 64 valence electrons. The zero-order chi connectivity index (χ0) is 7.33. The first-order valence-corrected chi connectivity index (χ1v) is 4.85. The van der Waals surface area contributed by atoms with Gasteiger partial charge in [-0.15, -0.1) is 0 Å². The van der Waals surface area contributed by atoms with Crippen LogP contribution >= 0.6 is 7.60 Å². The maximum atomic E-state index is 10.7. The molecule has 1 N–H and O–H groups in total. The first kappa shape index (κ1) is 13.1. The molecule has 0 spiro atoms. The van der Waals surface area contributed by atoms with Gasteiger partial charge in [0, 0.05) is 6.16 Å². The molecule has 0 heterocycles. The van der Waals surface area contributed by atoms with Crippen molar-refractivity contribution in [2.75, 3.05) is 12.8 Å². The molecule has 0 saturated carbocycles. The van der Waals surface area contributed by atoms with Gasteiger partial charge in [0.1, 0.15) is 0 Å². The Kier molecular flexibility index (Phi) is 8.06. The van der Waals surface area contributed by atoms with Crippen molar-refractivity contribution in [2.45, 2.75) is 20.3 Å². The Morgan fingerprint density at radius 2 is 2.00 bits per heavy atom. The standard InChI is InChI=1S/C5H13O3P.ClH/c1-3-5-9(6,7)8-4-2;/h3-5H2,1-2H3,(H,6,7);1H/p-1. The van der Waals surface area contributed by atoms with Crippen LogP contribution in [-0.2, 0) is 9.09 Å². The van der Waals surface area contributed by atoms with Gasteiger partial charge in [-0.05, 0) is 13.3 Å². The van der Waals surface area contributed by atoms with E-state index in [9.17, 15) is 4.57 Å². The number of rotatable bonds is 4. The molecule has 0 aliphatic rings. The van der Waals surface area contributed by atoms with Crippen LogP contribution in [0.1, 0.15) is 20.3 Å². The van der Waals surface area contributed by atoms with Crippen LogP contribution in [0.5, 0.6) is 0 Å². The molecule has 10 heavy (non-hydrogen) atoms. The topological polar surface area (TPSA) is 46.5 Å². The lowest BCUT2D eigenvalue weighted by Gasteiger charge is -2.07. The minimum absolute atomic E-state index is 0. The molecule has 0 aromatic heterocycles. The molecular weight excluding hydrogens is 174 g/mol. The van der Waals surface area contributed by atoms with Gasteiger partial charge in [-0.2, -0.15) is 0 Å². The van der Waals surface area contributed by atoms with E-state index in [0.717, 1.165) is 0 Å². The molecule has 0 rings (SSSR count). The molecule has 0 aliphatic heterocycles. The van der Waals surface area contributed by atoms with Gasteiger partial charge in [-0.1, -0.05) is 6.92 Å². The summed E-state index contributed by atoms with van der Waals surface area (Å²) in [6.45, 7) is 3.87. The second kappa shape index (κ2) is 6.17. The van der Waals surface area contributed by atoms with Crippen LogP contribution in [0.25, 0.3) is 0 Å². The van der Waals surface area contributed by atoms with E-state index in [1.165, 1.54) is 0 Å². The van der Waals surface area contributed by atoms with Crippen LogP contribution in [0.2, 0.25) is 0 Å². The van der Waals surface area contributed by atoms with Gasteiger partial charge in [-0.25, -0.2) is 0 Å². The normalized spacial score (nSPS) is 15.5. The van der Waals surface area contributed by atoms with E-state index in [0.29, 0.717) is 13.0 Å². The van der Waals surface area contributed by atoms with Gasteiger partial charge in [0.2, 0.25) is 0 Å². The Balaban J connectivity index is 0. The third kappa shape index (κ3) is 6.56. The number of hydrogen-bond donors (Lipinski definition) is 1. The molecule has 0 saturated heterocycles. The summed E-state index contributed by atoms with van der Waals surface area (Å²) in [5, 5.41) is 0. The molecule has 0 fully saturated rings. The summed E-state index contributed by atoms with van der Waals surface area (Å²) in [7, 11) is -3.19. The second-order valence-electron chi connectivity index (χ2n) is 1.78. The average Bonchev–Trinajstić information content (AvgIpc) is 1.64. The third-order valence-electron chi connectivity index (χ3n) is 0.837. The SMILES string of the molecule is CCCP(=O)(O)OCC.[Cl-]. The molecule has 1 unspecified atom stereocenters. The van der Waals surface area contributed by atoms with E-state index in [-0.39, 0.29) is 18.6 Å². The summed E-state index contributed by atoms with van der Waals surface area (Å²) < 4.78 is 15.3. The third-order valence-corrected chi connectivity index (χ3v) is 2.51. The molecule has 0 radical (unpaired) electrons. The highest BCUT2D eigenvalue weighted by Crippen LogP contribution is 2.41. The number of hydrogen-bond acceptors (Lipinski definition) is 2. The van der Waals surface area contributed by atoms with Crippen molar-refractivity contribution in [3.63, 3.8) is 0 Å². The lowest BCUT2D eigenvalue weighted by Crippen LogP contribution is -3.00. The van der Waals surface area contributed by atoms with Crippen LogP contribution < -0.4 is 12.4 Å². The summed E-state index contributed by atoms with van der Waals surface area (Å²) in [5.41, 5.74) is 0. The summed E-state index contributed by atoms with van der Waals surface area (Å²) in [6.07, 6.45) is 0.953. The molecule has 5 heteroatoms. The summed E-state index contributed by atoms with van der Waals surface area (Å²) in [4.78, 5) is 8.85. The van der Waals surface area contributed by atoms with Crippen LogP contribution in [0.15, 0.2) is 0 Å². The van der Waals surface area contributed by atoms with Gasteiger partial charge < -0.3 is 21.8 Å². The summed E-state index contributed by atoms with van der Waals surface area (Å²) in [6, 6.07) is 0. The fraction of sp³-hybridized carbons (Fsp3) is 1.00. The maximum Gasteiger partial charge on any atom is 0.328 e. The van der Waals surface area contributed by atoms with Crippen molar-refractivity contribution in [3.05, 3.63) is 0 Å². The van der Waals surface area contributed by atoms with Crippen molar-refractivity contribution in [1.29, 1.82) is 0 Å². The van der Waals surface area contributed by atoms with E-state index in [4.69, 9.17) is 4.89 Å². The fourth-order valence-corrected chi connectivity index (χ4v) is 1.65. The summed E-state index contributed by atoms with van der Waals surface area (Å²) >= 11 is 0. The van der Waals surface area contributed by atoms with Crippen LogP contribution in [-0.4, -0.2) is 17.7 Å². The molecular formula is C5H13ClO3P-. The van der Waals surface area contributed by atoms with Gasteiger partial charge in [0.05, 0.1) is 6.61 Å². The van der Waals surface area contributed by atoms with Crippen molar-refractivity contribution in [3.8, 4) is 0 Å². The molecule has 0 bridgehead atoms. The van der Waals surface area contributed by atoms with E-state index in [2.05, 4.69) is 4.52 Å². The smallest absolute Gasteiger partial charge is 0.328 e. The molecule has 1 atom stereocenters. The van der Waals surface area contributed by atoms with E-state index in [1.807, 2.05) is 6.92 Å². The van der Waals surface area contributed by atoms with Crippen LogP contribution in [0.4, 0.5) is 0 Å². The Bertz CT molecular complexity index is 107. The fourth-order valence-electron chi connectivity index (χ4n) is 0.549. The maximum absolute atomic E-state index is 10.7. The molecule has 3 nitrogen and oxygen atoms in total. The average molecular weight is 188 g/mol. The van der Waals surface area contributed by atoms with Crippen molar-refractivity contribution < 1.29 is 26.4 Å². The van der Waals surface area contributed by atoms with E-state index >= 15 is 0 Å².